The Balaban J connectivity index is 2.86. The van der Waals surface area contributed by atoms with Gasteiger partial charge in [0.05, 0.1) is 0 Å². The Bertz CT molecular complexity index is 349. The lowest BCUT2D eigenvalue weighted by atomic mass is 10.1. The summed E-state index contributed by atoms with van der Waals surface area (Å²) in [5, 5.41) is 0. The molecule has 0 atom stereocenters. The SMILES string of the molecule is C=C(C)COc1c(F)cccc1CCN. The molecule has 0 saturated carbocycles. The Kier molecular flexibility index (Phi) is 4.31. The minimum atomic E-state index is -0.345. The summed E-state index contributed by atoms with van der Waals surface area (Å²) in [5.41, 5.74) is 7.10. The molecule has 0 radical (unpaired) electrons. The first kappa shape index (κ1) is 11.7. The van der Waals surface area contributed by atoms with Crippen LogP contribution in [0.15, 0.2) is 30.4 Å². The molecule has 0 aliphatic carbocycles. The van der Waals surface area contributed by atoms with Crippen LogP contribution >= 0.6 is 0 Å². The number of hydrogen-bond acceptors (Lipinski definition) is 2. The summed E-state index contributed by atoms with van der Waals surface area (Å²) in [4.78, 5) is 0. The average Bonchev–Trinajstić information content (AvgIpc) is 2.17. The minimum absolute atomic E-state index is 0.297. The van der Waals surface area contributed by atoms with Gasteiger partial charge in [-0.2, -0.15) is 0 Å². The van der Waals surface area contributed by atoms with Crippen LogP contribution in [-0.2, 0) is 6.42 Å². The van der Waals surface area contributed by atoms with Crippen molar-refractivity contribution < 1.29 is 9.13 Å². The maximum atomic E-state index is 13.4. The van der Waals surface area contributed by atoms with Crippen LogP contribution < -0.4 is 10.5 Å². The monoisotopic (exact) mass is 209 g/mol. The number of rotatable bonds is 5. The van der Waals surface area contributed by atoms with Gasteiger partial charge in [0, 0.05) is 0 Å². The summed E-state index contributed by atoms with van der Waals surface area (Å²) < 4.78 is 18.8. The van der Waals surface area contributed by atoms with Crippen LogP contribution in [0.25, 0.3) is 0 Å². The molecule has 0 heterocycles. The van der Waals surface area contributed by atoms with Crippen LogP contribution in [0.3, 0.4) is 0 Å². The summed E-state index contributed by atoms with van der Waals surface area (Å²) in [6.07, 6.45) is 0.614. The van der Waals surface area contributed by atoms with Crippen molar-refractivity contribution >= 4 is 0 Å². The molecule has 0 amide bonds. The fourth-order valence-corrected chi connectivity index (χ4v) is 1.26. The van der Waals surface area contributed by atoms with Gasteiger partial charge in [-0.25, -0.2) is 4.39 Å². The highest BCUT2D eigenvalue weighted by molar-refractivity contribution is 5.35. The molecule has 3 heteroatoms. The molecule has 0 bridgehead atoms. The van der Waals surface area contributed by atoms with Gasteiger partial charge in [0.2, 0.25) is 0 Å². The van der Waals surface area contributed by atoms with E-state index in [9.17, 15) is 4.39 Å². The molecule has 0 saturated heterocycles. The molecule has 0 unspecified atom stereocenters. The fourth-order valence-electron chi connectivity index (χ4n) is 1.26. The number of para-hydroxylation sites is 1. The van der Waals surface area contributed by atoms with Gasteiger partial charge < -0.3 is 10.5 Å². The smallest absolute Gasteiger partial charge is 0.165 e. The Morgan fingerprint density at radius 2 is 2.27 bits per heavy atom. The number of hydrogen-bond donors (Lipinski definition) is 1. The van der Waals surface area contributed by atoms with Crippen LogP contribution in [0.5, 0.6) is 5.75 Å². The third-order valence-electron chi connectivity index (χ3n) is 1.93. The van der Waals surface area contributed by atoms with E-state index in [1.54, 1.807) is 6.07 Å². The van der Waals surface area contributed by atoms with E-state index in [0.29, 0.717) is 25.3 Å². The predicted octanol–water partition coefficient (Wildman–Crippen LogP) is 2.28. The van der Waals surface area contributed by atoms with Crippen LogP contribution in [0.2, 0.25) is 0 Å². The van der Waals surface area contributed by atoms with E-state index in [4.69, 9.17) is 10.5 Å². The van der Waals surface area contributed by atoms with Gasteiger partial charge in [-0.3, -0.25) is 0 Å². The first-order chi connectivity index (χ1) is 7.15. The van der Waals surface area contributed by atoms with E-state index in [2.05, 4.69) is 6.58 Å². The molecule has 2 nitrogen and oxygen atoms in total. The predicted molar refractivity (Wildman–Crippen MR) is 59.5 cm³/mol. The lowest BCUT2D eigenvalue weighted by Gasteiger charge is -2.11. The molecule has 1 aromatic rings. The lowest BCUT2D eigenvalue weighted by molar-refractivity contribution is 0.329. The topological polar surface area (TPSA) is 35.2 Å². The highest BCUT2D eigenvalue weighted by Crippen LogP contribution is 2.23. The van der Waals surface area contributed by atoms with Gasteiger partial charge in [0.25, 0.3) is 0 Å². The summed E-state index contributed by atoms with van der Waals surface area (Å²) in [6.45, 7) is 6.35. The zero-order valence-electron chi connectivity index (χ0n) is 8.92. The first-order valence-electron chi connectivity index (χ1n) is 4.89. The van der Waals surface area contributed by atoms with Crippen molar-refractivity contribution in [2.75, 3.05) is 13.2 Å². The first-order valence-corrected chi connectivity index (χ1v) is 4.89. The van der Waals surface area contributed by atoms with Gasteiger partial charge in [0.15, 0.2) is 11.6 Å². The van der Waals surface area contributed by atoms with Crippen LogP contribution in [0.4, 0.5) is 4.39 Å². The molecule has 1 rings (SSSR count). The molecule has 2 N–H and O–H groups in total. The molecule has 82 valence electrons. The maximum absolute atomic E-state index is 13.4. The lowest BCUT2D eigenvalue weighted by Crippen LogP contribution is -2.07. The summed E-state index contributed by atoms with van der Waals surface area (Å²) in [7, 11) is 0. The van der Waals surface area contributed by atoms with E-state index in [-0.39, 0.29) is 5.82 Å². The zero-order valence-corrected chi connectivity index (χ0v) is 8.92. The number of benzene rings is 1. The van der Waals surface area contributed by atoms with Crippen LogP contribution in [0, 0.1) is 5.82 Å². The van der Waals surface area contributed by atoms with Gasteiger partial charge >= 0.3 is 0 Å². The normalized spacial score (nSPS) is 10.1. The van der Waals surface area contributed by atoms with Crippen molar-refractivity contribution in [1.82, 2.24) is 0 Å². The van der Waals surface area contributed by atoms with Crippen molar-refractivity contribution in [2.45, 2.75) is 13.3 Å². The zero-order chi connectivity index (χ0) is 11.3. The largest absolute Gasteiger partial charge is 0.486 e. The summed E-state index contributed by atoms with van der Waals surface area (Å²) in [6, 6.07) is 4.87. The second-order valence-corrected chi connectivity index (χ2v) is 3.51. The van der Waals surface area contributed by atoms with Crippen molar-refractivity contribution in [3.63, 3.8) is 0 Å². The third-order valence-corrected chi connectivity index (χ3v) is 1.93. The van der Waals surface area contributed by atoms with E-state index >= 15 is 0 Å². The molecule has 0 aliphatic rings. The summed E-state index contributed by atoms with van der Waals surface area (Å²) in [5.74, 6) is -0.0480. The summed E-state index contributed by atoms with van der Waals surface area (Å²) >= 11 is 0. The fraction of sp³-hybridized carbons (Fsp3) is 0.333. The third kappa shape index (κ3) is 3.36. The average molecular weight is 209 g/mol. The maximum Gasteiger partial charge on any atom is 0.165 e. The molecule has 0 fully saturated rings. The highest BCUT2D eigenvalue weighted by atomic mass is 19.1. The van der Waals surface area contributed by atoms with Gasteiger partial charge in [-0.15, -0.1) is 0 Å². The van der Waals surface area contributed by atoms with Crippen LogP contribution in [-0.4, -0.2) is 13.2 Å². The van der Waals surface area contributed by atoms with Gasteiger partial charge in [-0.05, 0) is 37.1 Å². The molecule has 15 heavy (non-hydrogen) atoms. The molecule has 0 aliphatic heterocycles. The van der Waals surface area contributed by atoms with Crippen molar-refractivity contribution in [2.24, 2.45) is 5.73 Å². The van der Waals surface area contributed by atoms with E-state index in [1.165, 1.54) is 6.07 Å². The van der Waals surface area contributed by atoms with E-state index < -0.39 is 0 Å². The van der Waals surface area contributed by atoms with Crippen molar-refractivity contribution in [1.29, 1.82) is 0 Å². The molecule has 0 spiro atoms. The standard InChI is InChI=1S/C12H16FNO/c1-9(2)8-15-12-10(6-7-14)4-3-5-11(12)13/h3-5H,1,6-8,14H2,2H3. The highest BCUT2D eigenvalue weighted by Gasteiger charge is 2.08. The Hall–Kier alpha value is -1.35. The number of halogens is 1. The van der Waals surface area contributed by atoms with Gasteiger partial charge in [-0.1, -0.05) is 18.7 Å². The molecule has 1 aromatic carbocycles. The second kappa shape index (κ2) is 5.51. The second-order valence-electron chi connectivity index (χ2n) is 3.51. The molecule has 0 aromatic heterocycles. The van der Waals surface area contributed by atoms with E-state index in [0.717, 1.165) is 11.1 Å². The molecular formula is C12H16FNO. The van der Waals surface area contributed by atoms with Crippen LogP contribution in [0.1, 0.15) is 12.5 Å². The van der Waals surface area contributed by atoms with Crippen molar-refractivity contribution in [3.05, 3.63) is 41.7 Å². The minimum Gasteiger partial charge on any atom is -0.486 e. The Labute approximate surface area is 89.6 Å². The Morgan fingerprint density at radius 3 is 2.87 bits per heavy atom. The molecular weight excluding hydrogens is 193 g/mol. The number of ether oxygens (including phenoxy) is 1. The number of nitrogens with two attached hydrogens (primary N) is 1. The quantitative estimate of drug-likeness (QED) is 0.755. The van der Waals surface area contributed by atoms with Gasteiger partial charge in [0.1, 0.15) is 6.61 Å². The Morgan fingerprint density at radius 1 is 1.53 bits per heavy atom. The van der Waals surface area contributed by atoms with Crippen molar-refractivity contribution in [3.8, 4) is 5.75 Å². The van der Waals surface area contributed by atoms with E-state index in [1.807, 2.05) is 13.0 Å².